The maximum Gasteiger partial charge on any atom is 0.413 e. The van der Waals surface area contributed by atoms with Crippen molar-refractivity contribution in [3.63, 3.8) is 0 Å². The molecule has 0 unspecified atom stereocenters. The minimum Gasteiger partial charge on any atom is -0.465 e. The second kappa shape index (κ2) is 8.24. The number of fused-ring (bicyclic) bond motifs is 2. The molecule has 178 valence electrons. The highest BCUT2D eigenvalue weighted by atomic mass is 19.1. The van der Waals surface area contributed by atoms with Crippen molar-refractivity contribution in [1.82, 2.24) is 9.97 Å². The van der Waals surface area contributed by atoms with E-state index in [4.69, 9.17) is 15.2 Å². The third-order valence-electron chi connectivity index (χ3n) is 6.37. The number of ether oxygens (including phenoxy) is 2. The second-order valence-electron chi connectivity index (χ2n) is 8.54. The van der Waals surface area contributed by atoms with Crippen LogP contribution in [0.15, 0.2) is 24.5 Å². The second-order valence-corrected chi connectivity index (χ2v) is 8.54. The van der Waals surface area contributed by atoms with Crippen LogP contribution < -0.4 is 20.7 Å². The van der Waals surface area contributed by atoms with Gasteiger partial charge in [0.05, 0.1) is 31.5 Å². The molecule has 0 radical (unpaired) electrons. The van der Waals surface area contributed by atoms with Gasteiger partial charge in [0, 0.05) is 34.8 Å². The first-order chi connectivity index (χ1) is 16.3. The number of hydrogen-bond acceptors (Lipinski definition) is 7. The van der Waals surface area contributed by atoms with Crippen molar-refractivity contribution >= 4 is 34.1 Å². The number of halogens is 2. The van der Waals surface area contributed by atoms with Crippen LogP contribution in [0, 0.1) is 18.7 Å². The summed E-state index contributed by atoms with van der Waals surface area (Å²) in [6.07, 6.45) is 0.101. The lowest BCUT2D eigenvalue weighted by atomic mass is 9.97. The summed E-state index contributed by atoms with van der Waals surface area (Å²) in [5, 5.41) is 13.7. The Labute approximate surface area is 193 Å². The Morgan fingerprint density at radius 2 is 2.06 bits per heavy atom. The largest absolute Gasteiger partial charge is 0.465 e. The Morgan fingerprint density at radius 1 is 1.26 bits per heavy atom. The molecule has 1 fully saturated rings. The summed E-state index contributed by atoms with van der Waals surface area (Å²) in [5.41, 5.74) is 7.73. The lowest BCUT2D eigenvalue weighted by Gasteiger charge is -2.27. The van der Waals surface area contributed by atoms with Gasteiger partial charge in [-0.05, 0) is 30.0 Å². The number of nitrogens with zero attached hydrogens (tertiary/aromatic N) is 3. The van der Waals surface area contributed by atoms with E-state index in [-0.39, 0.29) is 42.0 Å². The Hall–Kier alpha value is -3.73. The SMILES string of the molecule is Cc1c(-c2cc3cc(N(C(=O)O)[C@H]4COC[C@@H]4C)ncc3c(N)c2F)cnc2c1NC[C@@H](F)O2. The maximum atomic E-state index is 15.4. The Bertz CT molecular complexity index is 1300. The van der Waals surface area contributed by atoms with Crippen molar-refractivity contribution in [2.24, 2.45) is 5.92 Å². The van der Waals surface area contributed by atoms with E-state index < -0.39 is 24.3 Å². The van der Waals surface area contributed by atoms with Crippen molar-refractivity contribution in [3.8, 4) is 17.0 Å². The van der Waals surface area contributed by atoms with Crippen LogP contribution >= 0.6 is 0 Å². The summed E-state index contributed by atoms with van der Waals surface area (Å²) in [7, 11) is 0. The number of rotatable bonds is 3. The van der Waals surface area contributed by atoms with Gasteiger partial charge in [-0.3, -0.25) is 4.90 Å². The van der Waals surface area contributed by atoms with Crippen LogP contribution in [-0.2, 0) is 4.74 Å². The van der Waals surface area contributed by atoms with E-state index in [1.807, 2.05) is 6.92 Å². The molecule has 0 spiro atoms. The fourth-order valence-corrected chi connectivity index (χ4v) is 4.50. The molecule has 3 aromatic rings. The number of aromatic nitrogens is 2. The van der Waals surface area contributed by atoms with E-state index in [0.29, 0.717) is 34.2 Å². The van der Waals surface area contributed by atoms with Crippen LogP contribution in [0.4, 0.5) is 30.8 Å². The highest BCUT2D eigenvalue weighted by Crippen LogP contribution is 2.40. The molecule has 2 aromatic heterocycles. The number of pyridine rings is 2. The first-order valence-electron chi connectivity index (χ1n) is 10.8. The fourth-order valence-electron chi connectivity index (χ4n) is 4.50. The summed E-state index contributed by atoms with van der Waals surface area (Å²) in [4.78, 5) is 21.7. The topological polar surface area (TPSA) is 123 Å². The van der Waals surface area contributed by atoms with Crippen molar-refractivity contribution in [3.05, 3.63) is 35.9 Å². The Morgan fingerprint density at radius 3 is 2.76 bits per heavy atom. The van der Waals surface area contributed by atoms with Gasteiger partial charge in [0.1, 0.15) is 11.5 Å². The van der Waals surface area contributed by atoms with Gasteiger partial charge in [-0.25, -0.2) is 19.2 Å². The van der Waals surface area contributed by atoms with E-state index >= 15 is 4.39 Å². The molecule has 1 saturated heterocycles. The third kappa shape index (κ3) is 3.52. The first kappa shape index (κ1) is 22.1. The number of benzene rings is 1. The zero-order chi connectivity index (χ0) is 24.1. The molecule has 0 aliphatic carbocycles. The molecule has 1 aromatic carbocycles. The van der Waals surface area contributed by atoms with Gasteiger partial charge in [-0.15, -0.1) is 0 Å². The molecule has 1 amide bonds. The van der Waals surface area contributed by atoms with Gasteiger partial charge < -0.3 is 25.6 Å². The van der Waals surface area contributed by atoms with Gasteiger partial charge in [0.15, 0.2) is 5.82 Å². The van der Waals surface area contributed by atoms with Gasteiger partial charge >= 0.3 is 6.09 Å². The number of carbonyl (C=O) groups is 1. The van der Waals surface area contributed by atoms with Crippen LogP contribution in [-0.4, -0.2) is 53.3 Å². The maximum absolute atomic E-state index is 15.4. The predicted octanol–water partition coefficient (Wildman–Crippen LogP) is 3.95. The first-order valence-corrected chi connectivity index (χ1v) is 10.8. The molecule has 0 bridgehead atoms. The summed E-state index contributed by atoms with van der Waals surface area (Å²) in [5.74, 6) is -0.362. The quantitative estimate of drug-likeness (QED) is 0.491. The average molecular weight is 471 g/mol. The van der Waals surface area contributed by atoms with Crippen LogP contribution in [0.25, 0.3) is 21.9 Å². The normalized spacial score (nSPS) is 21.6. The molecule has 2 aliphatic heterocycles. The molecule has 4 heterocycles. The van der Waals surface area contributed by atoms with Gasteiger partial charge in [-0.1, -0.05) is 6.92 Å². The number of nitrogens with two attached hydrogens (primary N) is 1. The number of carboxylic acid groups (broad SMARTS) is 1. The fraction of sp³-hybridized carbons (Fsp3) is 0.348. The van der Waals surface area contributed by atoms with Crippen LogP contribution in [0.5, 0.6) is 5.88 Å². The lowest BCUT2D eigenvalue weighted by Crippen LogP contribution is -2.43. The van der Waals surface area contributed by atoms with Crippen LogP contribution in [0.3, 0.4) is 0 Å². The summed E-state index contributed by atoms with van der Waals surface area (Å²) < 4.78 is 39.5. The summed E-state index contributed by atoms with van der Waals surface area (Å²) in [6, 6.07) is 2.76. The highest BCUT2D eigenvalue weighted by Gasteiger charge is 2.35. The zero-order valence-corrected chi connectivity index (χ0v) is 18.5. The number of amides is 1. The molecule has 9 nitrogen and oxygen atoms in total. The minimum atomic E-state index is -1.52. The minimum absolute atomic E-state index is 0.00898. The highest BCUT2D eigenvalue weighted by molar-refractivity contribution is 5.99. The Balaban J connectivity index is 1.63. The number of alkyl halides is 1. The average Bonchev–Trinajstić information content (AvgIpc) is 3.21. The zero-order valence-electron chi connectivity index (χ0n) is 18.5. The molecule has 2 aliphatic rings. The van der Waals surface area contributed by atoms with E-state index in [2.05, 4.69) is 15.3 Å². The van der Waals surface area contributed by atoms with Crippen LogP contribution in [0.1, 0.15) is 12.5 Å². The van der Waals surface area contributed by atoms with Crippen molar-refractivity contribution < 1.29 is 28.2 Å². The molecule has 3 atom stereocenters. The number of nitrogen functional groups attached to an aromatic ring is 1. The van der Waals surface area contributed by atoms with E-state index in [1.54, 1.807) is 19.1 Å². The predicted molar refractivity (Wildman–Crippen MR) is 122 cm³/mol. The number of anilines is 3. The van der Waals surface area contributed by atoms with Gasteiger partial charge in [-0.2, -0.15) is 4.39 Å². The number of nitrogens with one attached hydrogen (secondary N) is 1. The molecule has 4 N–H and O–H groups in total. The van der Waals surface area contributed by atoms with E-state index in [0.717, 1.165) is 0 Å². The molecular weight excluding hydrogens is 448 g/mol. The monoisotopic (exact) mass is 471 g/mol. The van der Waals surface area contributed by atoms with Crippen LogP contribution in [0.2, 0.25) is 0 Å². The van der Waals surface area contributed by atoms with E-state index in [1.165, 1.54) is 17.3 Å². The molecule has 11 heteroatoms. The molecule has 5 rings (SSSR count). The van der Waals surface area contributed by atoms with E-state index in [9.17, 15) is 14.3 Å². The smallest absolute Gasteiger partial charge is 0.413 e. The third-order valence-corrected chi connectivity index (χ3v) is 6.37. The van der Waals surface area contributed by atoms with Crippen molar-refractivity contribution in [2.45, 2.75) is 26.2 Å². The molecular formula is C23H23F2N5O4. The molecule has 0 saturated carbocycles. The van der Waals surface area contributed by atoms with Crippen molar-refractivity contribution in [1.29, 1.82) is 0 Å². The number of hydrogen-bond donors (Lipinski definition) is 3. The summed E-state index contributed by atoms with van der Waals surface area (Å²) in [6.45, 7) is 4.32. The lowest BCUT2D eigenvalue weighted by molar-refractivity contribution is 0.0688. The van der Waals surface area contributed by atoms with Crippen molar-refractivity contribution in [2.75, 3.05) is 35.7 Å². The standard InChI is InChI=1S/C23H23F2N5O4/c1-10-8-33-9-16(10)30(23(31)32)18-4-12-3-13(19(25)20(26)15(12)6-27-18)14-5-29-22-21(11(14)2)28-7-17(24)34-22/h3-6,10,16-17,28H,7-9,26H2,1-2H3,(H,31,32)/t10-,16-,17-/m0/s1. The molecule has 34 heavy (non-hydrogen) atoms. The Kier molecular flexibility index (Phi) is 5.35. The van der Waals surface area contributed by atoms with Gasteiger partial charge in [0.25, 0.3) is 6.36 Å². The summed E-state index contributed by atoms with van der Waals surface area (Å²) >= 11 is 0. The van der Waals surface area contributed by atoms with Gasteiger partial charge in [0.2, 0.25) is 5.88 Å².